The molecular formula is C20H28O2S4Sn. The van der Waals surface area contributed by atoms with Crippen LogP contribution < -0.4 is 6.15 Å². The van der Waals surface area contributed by atoms with Gasteiger partial charge in [-0.3, -0.25) is 0 Å². The molecule has 2 aromatic carbocycles. The summed E-state index contributed by atoms with van der Waals surface area (Å²) in [4.78, 5) is 3.17. The van der Waals surface area contributed by atoms with Gasteiger partial charge in [0.2, 0.25) is 0 Å². The topological polar surface area (TPSA) is 18.5 Å². The molecule has 0 spiro atoms. The molecule has 148 valence electrons. The number of hydrogen-bond donors (Lipinski definition) is 4. The first-order valence-electron chi connectivity index (χ1n) is 9.32. The van der Waals surface area contributed by atoms with E-state index in [9.17, 15) is 0 Å². The maximum atomic E-state index is 6.72. The third-order valence-corrected chi connectivity index (χ3v) is 16.1. The maximum absolute atomic E-state index is 6.72. The van der Waals surface area contributed by atoms with E-state index in [0.29, 0.717) is 0 Å². The molecule has 0 atom stereocenters. The van der Waals surface area contributed by atoms with Crippen molar-refractivity contribution in [2.45, 2.75) is 68.0 Å². The molecule has 0 N–H and O–H groups in total. The van der Waals surface area contributed by atoms with Gasteiger partial charge in [0.25, 0.3) is 0 Å². The Hall–Kier alpha value is 0.239. The second kappa shape index (κ2) is 11.4. The molecule has 27 heavy (non-hydrogen) atoms. The molecule has 0 radical (unpaired) electrons. The molecule has 0 aliphatic rings. The standard InChI is InChI=1S/2C6H6OS2.2C4H9.Sn/c2*7-4-2-1-3-5(8)6(4)9;2*1-3-4-2;/h2*1-3,7-9H;2*1,3-4H2,2H3;/q;;;;+2/p-2. The van der Waals surface area contributed by atoms with Gasteiger partial charge >= 0.3 is 192 Å². The van der Waals surface area contributed by atoms with Crippen LogP contribution in [-0.4, -0.2) is 19.2 Å². The van der Waals surface area contributed by atoms with Crippen LogP contribution in [0, 0.1) is 0 Å². The van der Waals surface area contributed by atoms with Gasteiger partial charge in [-0.2, -0.15) is 0 Å². The van der Waals surface area contributed by atoms with Crippen LogP contribution in [0.4, 0.5) is 0 Å². The second-order valence-electron chi connectivity index (χ2n) is 6.57. The van der Waals surface area contributed by atoms with Crippen LogP contribution in [0.15, 0.2) is 56.0 Å². The van der Waals surface area contributed by atoms with Gasteiger partial charge in [0, 0.05) is 0 Å². The van der Waals surface area contributed by atoms with Gasteiger partial charge in [0.05, 0.1) is 0 Å². The molecule has 0 heterocycles. The molecule has 0 aliphatic heterocycles. The Morgan fingerprint density at radius 2 is 1.11 bits per heavy atom. The van der Waals surface area contributed by atoms with Crippen molar-refractivity contribution in [2.75, 3.05) is 0 Å². The van der Waals surface area contributed by atoms with Gasteiger partial charge in [-0.15, -0.1) is 0 Å². The summed E-state index contributed by atoms with van der Waals surface area (Å²) in [5.41, 5.74) is 0. The molecule has 0 bridgehead atoms. The van der Waals surface area contributed by atoms with Gasteiger partial charge in [-0.05, 0) is 0 Å². The van der Waals surface area contributed by atoms with E-state index in [0.717, 1.165) is 65.6 Å². The van der Waals surface area contributed by atoms with Gasteiger partial charge in [0.15, 0.2) is 0 Å². The van der Waals surface area contributed by atoms with Crippen molar-refractivity contribution in [1.29, 1.82) is 0 Å². The van der Waals surface area contributed by atoms with E-state index in [1.54, 1.807) is 0 Å². The quantitative estimate of drug-likeness (QED) is 0.184. The van der Waals surface area contributed by atoms with Crippen LogP contribution in [0.5, 0.6) is 11.5 Å². The summed E-state index contributed by atoms with van der Waals surface area (Å²) in [7, 11) is 0. The molecule has 0 fully saturated rings. The van der Waals surface area contributed by atoms with Crippen molar-refractivity contribution in [2.24, 2.45) is 0 Å². The second-order valence-corrected chi connectivity index (χ2v) is 17.6. The first kappa shape index (κ1) is 23.5. The summed E-state index contributed by atoms with van der Waals surface area (Å²) in [6, 6.07) is 11.7. The summed E-state index contributed by atoms with van der Waals surface area (Å²) >= 11 is 14.7. The average Bonchev–Trinajstić information content (AvgIpc) is 2.66. The number of unbranched alkanes of at least 4 members (excludes halogenated alkanes) is 2. The Labute approximate surface area is 190 Å². The van der Waals surface area contributed by atoms with Crippen molar-refractivity contribution in [3.63, 3.8) is 0 Å². The van der Waals surface area contributed by atoms with Gasteiger partial charge in [-0.1, -0.05) is 0 Å². The van der Waals surface area contributed by atoms with Crippen LogP contribution in [0.25, 0.3) is 0 Å². The summed E-state index contributed by atoms with van der Waals surface area (Å²) < 4.78 is 15.4. The van der Waals surface area contributed by atoms with Crippen molar-refractivity contribution < 1.29 is 6.15 Å². The Kier molecular flexibility index (Phi) is 9.96. The molecule has 0 saturated heterocycles. The van der Waals surface area contributed by atoms with E-state index in [4.69, 9.17) is 6.15 Å². The van der Waals surface area contributed by atoms with E-state index < -0.39 is 19.2 Å². The van der Waals surface area contributed by atoms with Gasteiger partial charge in [0.1, 0.15) is 0 Å². The van der Waals surface area contributed by atoms with E-state index in [1.807, 2.05) is 36.4 Å². The van der Waals surface area contributed by atoms with E-state index >= 15 is 0 Å². The molecule has 0 amide bonds. The van der Waals surface area contributed by atoms with Crippen molar-refractivity contribution in [1.82, 2.24) is 0 Å². The zero-order chi connectivity index (χ0) is 19.9. The van der Waals surface area contributed by atoms with Crippen LogP contribution in [-0.2, 0) is 0 Å². The third kappa shape index (κ3) is 6.62. The molecule has 0 unspecified atom stereocenters. The fourth-order valence-electron chi connectivity index (χ4n) is 2.83. The fourth-order valence-corrected chi connectivity index (χ4v) is 14.5. The Morgan fingerprint density at radius 3 is 1.48 bits per heavy atom. The van der Waals surface area contributed by atoms with Crippen molar-refractivity contribution in [3.8, 4) is 11.5 Å². The van der Waals surface area contributed by atoms with Crippen LogP contribution >= 0.6 is 50.5 Å². The molecule has 0 aliphatic carbocycles. The molecule has 2 rings (SSSR count). The summed E-state index contributed by atoms with van der Waals surface area (Å²) in [5, 5.41) is 0. The van der Waals surface area contributed by atoms with E-state index in [1.165, 1.54) is 0 Å². The molecule has 0 aromatic heterocycles. The number of hydrogen-bond acceptors (Lipinski definition) is 6. The van der Waals surface area contributed by atoms with Gasteiger partial charge < -0.3 is 0 Å². The third-order valence-electron chi connectivity index (χ3n) is 4.37. The minimum atomic E-state index is -3.52. The van der Waals surface area contributed by atoms with Crippen LogP contribution in [0.3, 0.4) is 0 Å². The Morgan fingerprint density at radius 1 is 0.704 bits per heavy atom. The Bertz CT molecular complexity index is 691. The normalized spacial score (nSPS) is 11.5. The van der Waals surface area contributed by atoms with Crippen molar-refractivity contribution in [3.05, 3.63) is 36.4 Å². The first-order valence-corrected chi connectivity index (χ1v) is 17.5. The molecule has 2 nitrogen and oxygen atoms in total. The number of thiol groups is 4. The zero-order valence-corrected chi connectivity index (χ0v) is 22.2. The SMILES string of the molecule is CCC[CH2][Sn]([CH2]CCC)([O]c1cccc(S)c1S)[O]c1cccc(S)c1S. The van der Waals surface area contributed by atoms with Crippen LogP contribution in [0.2, 0.25) is 8.87 Å². The minimum absolute atomic E-state index is 0.771. The van der Waals surface area contributed by atoms with E-state index in [-0.39, 0.29) is 0 Å². The van der Waals surface area contributed by atoms with Crippen molar-refractivity contribution >= 4 is 69.7 Å². The number of rotatable bonds is 10. The summed E-state index contributed by atoms with van der Waals surface area (Å²) in [6.07, 6.45) is 4.39. The summed E-state index contributed by atoms with van der Waals surface area (Å²) in [5.74, 6) is 1.55. The predicted octanol–water partition coefficient (Wildman–Crippen LogP) is 7.34. The molecule has 0 saturated carbocycles. The molecule has 7 heteroatoms. The average molecular weight is 547 g/mol. The first-order chi connectivity index (χ1) is 12.9. The molecular weight excluding hydrogens is 519 g/mol. The summed E-state index contributed by atoms with van der Waals surface area (Å²) in [6.45, 7) is 4.40. The predicted molar refractivity (Wildman–Crippen MR) is 128 cm³/mol. The monoisotopic (exact) mass is 548 g/mol. The number of benzene rings is 2. The van der Waals surface area contributed by atoms with E-state index in [2.05, 4.69) is 64.4 Å². The van der Waals surface area contributed by atoms with Gasteiger partial charge in [-0.25, -0.2) is 0 Å². The Balaban J connectivity index is 2.43. The zero-order valence-electron chi connectivity index (χ0n) is 15.8. The fraction of sp³-hybridized carbons (Fsp3) is 0.400. The van der Waals surface area contributed by atoms with Crippen LogP contribution in [0.1, 0.15) is 39.5 Å². The molecule has 2 aromatic rings.